The molecular weight excluding hydrogens is 338 g/mol. The smallest absolute Gasteiger partial charge is 0.253 e. The molecule has 0 aromatic heterocycles. The molecule has 2 heterocycles. The first-order chi connectivity index (χ1) is 11.5. The van der Waals surface area contributed by atoms with Gasteiger partial charge >= 0.3 is 0 Å². The molecule has 2 aliphatic heterocycles. The lowest BCUT2D eigenvalue weighted by molar-refractivity contribution is -0.136. The van der Waals surface area contributed by atoms with Crippen LogP contribution in [0.15, 0.2) is 30.3 Å². The van der Waals surface area contributed by atoms with Crippen molar-refractivity contribution in [1.82, 2.24) is 9.80 Å². The Morgan fingerprint density at radius 1 is 1.12 bits per heavy atom. The zero-order valence-electron chi connectivity index (χ0n) is 14.8. The molecule has 2 saturated heterocycles. The third kappa shape index (κ3) is 4.33. The van der Waals surface area contributed by atoms with E-state index in [0.717, 1.165) is 37.9 Å². The molecule has 1 unspecified atom stereocenters. The highest BCUT2D eigenvalue weighted by atomic mass is 35.5. The van der Waals surface area contributed by atoms with Crippen molar-refractivity contribution in [2.75, 3.05) is 32.7 Å². The minimum absolute atomic E-state index is 0. The summed E-state index contributed by atoms with van der Waals surface area (Å²) < 4.78 is 0. The molecule has 0 bridgehead atoms. The number of carbonyl (C=O) groups excluding carboxylic acids is 2. The standard InChI is InChI=1S/C19H27N3O2.ClH/c1-19(13-20)9-12-22(14-19)18(24)16-7-10-21(11-8-16)17(23)15-5-3-2-4-6-15;/h2-6,16H,7-14,20H2,1H3;1H. The van der Waals surface area contributed by atoms with E-state index in [4.69, 9.17) is 5.73 Å². The molecule has 6 heteroatoms. The molecule has 2 amide bonds. The first-order valence-electron chi connectivity index (χ1n) is 8.86. The van der Waals surface area contributed by atoms with Crippen LogP contribution in [0.3, 0.4) is 0 Å². The van der Waals surface area contributed by atoms with E-state index in [1.54, 1.807) is 0 Å². The van der Waals surface area contributed by atoms with Gasteiger partial charge in [-0.05, 0) is 43.4 Å². The van der Waals surface area contributed by atoms with E-state index in [-0.39, 0.29) is 35.6 Å². The summed E-state index contributed by atoms with van der Waals surface area (Å²) in [5.74, 6) is 0.363. The van der Waals surface area contributed by atoms with Gasteiger partial charge in [-0.1, -0.05) is 25.1 Å². The summed E-state index contributed by atoms with van der Waals surface area (Å²) in [7, 11) is 0. The second kappa shape index (κ2) is 8.19. The maximum Gasteiger partial charge on any atom is 0.253 e. The van der Waals surface area contributed by atoms with Crippen molar-refractivity contribution >= 4 is 24.2 Å². The first kappa shape index (κ1) is 19.7. The molecule has 1 aromatic carbocycles. The topological polar surface area (TPSA) is 66.6 Å². The molecule has 3 rings (SSSR count). The van der Waals surface area contributed by atoms with Gasteiger partial charge in [0.05, 0.1) is 0 Å². The van der Waals surface area contributed by atoms with Crippen LogP contribution in [0.25, 0.3) is 0 Å². The summed E-state index contributed by atoms with van der Waals surface area (Å²) >= 11 is 0. The predicted octanol–water partition coefficient (Wildman–Crippen LogP) is 2.16. The lowest BCUT2D eigenvalue weighted by Crippen LogP contribution is -2.44. The zero-order valence-corrected chi connectivity index (χ0v) is 15.6. The van der Waals surface area contributed by atoms with Crippen LogP contribution in [-0.2, 0) is 4.79 Å². The fourth-order valence-corrected chi connectivity index (χ4v) is 3.73. The first-order valence-corrected chi connectivity index (χ1v) is 8.86. The van der Waals surface area contributed by atoms with Gasteiger partial charge in [-0.3, -0.25) is 9.59 Å². The largest absolute Gasteiger partial charge is 0.342 e. The van der Waals surface area contributed by atoms with Crippen molar-refractivity contribution in [1.29, 1.82) is 0 Å². The average molecular weight is 366 g/mol. The summed E-state index contributed by atoms with van der Waals surface area (Å²) in [6.07, 6.45) is 2.50. The Labute approximate surface area is 155 Å². The van der Waals surface area contributed by atoms with Crippen LogP contribution < -0.4 is 5.73 Å². The van der Waals surface area contributed by atoms with Crippen molar-refractivity contribution in [3.05, 3.63) is 35.9 Å². The maximum atomic E-state index is 12.7. The van der Waals surface area contributed by atoms with Crippen molar-refractivity contribution in [3.8, 4) is 0 Å². The van der Waals surface area contributed by atoms with Crippen molar-refractivity contribution < 1.29 is 9.59 Å². The fraction of sp³-hybridized carbons (Fsp3) is 0.579. The third-order valence-electron chi connectivity index (χ3n) is 5.51. The van der Waals surface area contributed by atoms with Gasteiger partial charge in [0.15, 0.2) is 0 Å². The molecular formula is C19H28ClN3O2. The second-order valence-electron chi connectivity index (χ2n) is 7.46. The Kier molecular flexibility index (Phi) is 6.47. The van der Waals surface area contributed by atoms with Gasteiger partial charge < -0.3 is 15.5 Å². The summed E-state index contributed by atoms with van der Waals surface area (Å²) in [5.41, 5.74) is 6.63. The number of hydrogen-bond acceptors (Lipinski definition) is 3. The lowest BCUT2D eigenvalue weighted by atomic mass is 9.90. The van der Waals surface area contributed by atoms with E-state index >= 15 is 0 Å². The molecule has 0 aliphatic carbocycles. The summed E-state index contributed by atoms with van der Waals surface area (Å²) in [6.45, 7) is 5.68. The Bertz CT molecular complexity index is 602. The van der Waals surface area contributed by atoms with Crippen LogP contribution in [0.5, 0.6) is 0 Å². The molecule has 0 spiro atoms. The highest BCUT2D eigenvalue weighted by Crippen LogP contribution is 2.31. The van der Waals surface area contributed by atoms with Gasteiger partial charge in [-0.25, -0.2) is 0 Å². The zero-order chi connectivity index (χ0) is 17.2. The van der Waals surface area contributed by atoms with E-state index < -0.39 is 0 Å². The summed E-state index contributed by atoms with van der Waals surface area (Å²) in [4.78, 5) is 29.1. The number of nitrogens with zero attached hydrogens (tertiary/aromatic N) is 2. The summed E-state index contributed by atoms with van der Waals surface area (Å²) in [6, 6.07) is 9.36. The van der Waals surface area contributed by atoms with Gasteiger partial charge in [-0.15, -0.1) is 12.4 Å². The highest BCUT2D eigenvalue weighted by Gasteiger charge is 2.38. The minimum Gasteiger partial charge on any atom is -0.342 e. The number of halogens is 1. The average Bonchev–Trinajstić information content (AvgIpc) is 3.04. The van der Waals surface area contributed by atoms with Crippen LogP contribution in [0.4, 0.5) is 0 Å². The number of rotatable bonds is 3. The molecule has 5 nitrogen and oxygen atoms in total. The minimum atomic E-state index is 0. The molecule has 2 aliphatic rings. The third-order valence-corrected chi connectivity index (χ3v) is 5.51. The molecule has 2 fully saturated rings. The van der Waals surface area contributed by atoms with Crippen LogP contribution in [0.2, 0.25) is 0 Å². The molecule has 1 atom stereocenters. The number of piperidine rings is 1. The van der Waals surface area contributed by atoms with Gasteiger partial charge in [-0.2, -0.15) is 0 Å². The second-order valence-corrected chi connectivity index (χ2v) is 7.46. The van der Waals surface area contributed by atoms with E-state index in [2.05, 4.69) is 6.92 Å². The lowest BCUT2D eigenvalue weighted by Gasteiger charge is -2.33. The highest BCUT2D eigenvalue weighted by molar-refractivity contribution is 5.94. The number of hydrogen-bond donors (Lipinski definition) is 1. The van der Waals surface area contributed by atoms with Crippen LogP contribution in [-0.4, -0.2) is 54.3 Å². The Hall–Kier alpha value is -1.59. The van der Waals surface area contributed by atoms with Crippen molar-refractivity contribution in [2.24, 2.45) is 17.1 Å². The normalized spacial score (nSPS) is 24.1. The van der Waals surface area contributed by atoms with Crippen molar-refractivity contribution in [2.45, 2.75) is 26.2 Å². The SMILES string of the molecule is CC1(CN)CCN(C(=O)C2CCN(C(=O)c3ccccc3)CC2)C1.Cl. The molecule has 0 saturated carbocycles. The quantitative estimate of drug-likeness (QED) is 0.892. The van der Waals surface area contributed by atoms with Crippen LogP contribution >= 0.6 is 12.4 Å². The number of carbonyl (C=O) groups is 2. The Morgan fingerprint density at radius 2 is 1.76 bits per heavy atom. The van der Waals surface area contributed by atoms with E-state index in [9.17, 15) is 9.59 Å². The van der Waals surface area contributed by atoms with E-state index in [1.807, 2.05) is 40.1 Å². The van der Waals surface area contributed by atoms with E-state index in [1.165, 1.54) is 0 Å². The predicted molar refractivity (Wildman–Crippen MR) is 101 cm³/mol. The number of benzene rings is 1. The number of amides is 2. The molecule has 0 radical (unpaired) electrons. The van der Waals surface area contributed by atoms with E-state index in [0.29, 0.717) is 19.6 Å². The van der Waals surface area contributed by atoms with Gasteiger partial charge in [0.2, 0.25) is 5.91 Å². The molecule has 138 valence electrons. The van der Waals surface area contributed by atoms with Crippen LogP contribution in [0, 0.1) is 11.3 Å². The fourth-order valence-electron chi connectivity index (χ4n) is 3.73. The molecule has 1 aromatic rings. The molecule has 25 heavy (non-hydrogen) atoms. The Morgan fingerprint density at radius 3 is 2.32 bits per heavy atom. The van der Waals surface area contributed by atoms with Gasteiger partial charge in [0, 0.05) is 37.7 Å². The summed E-state index contributed by atoms with van der Waals surface area (Å²) in [5, 5.41) is 0. The number of nitrogens with two attached hydrogens (primary N) is 1. The maximum absolute atomic E-state index is 12.7. The van der Waals surface area contributed by atoms with Crippen molar-refractivity contribution in [3.63, 3.8) is 0 Å². The van der Waals surface area contributed by atoms with Crippen LogP contribution in [0.1, 0.15) is 36.5 Å². The van der Waals surface area contributed by atoms with Gasteiger partial charge in [0.25, 0.3) is 5.91 Å². The van der Waals surface area contributed by atoms with Gasteiger partial charge in [0.1, 0.15) is 0 Å². The monoisotopic (exact) mass is 365 g/mol. The number of likely N-dealkylation sites (tertiary alicyclic amines) is 2. The Balaban J connectivity index is 0.00000225. The molecule has 2 N–H and O–H groups in total.